The molecule has 2 N–H and O–H groups in total. The fourth-order valence-corrected chi connectivity index (χ4v) is 2.42. The number of hydrogen-bond acceptors (Lipinski definition) is 7. The molecule has 0 aliphatic heterocycles. The van der Waals surface area contributed by atoms with Crippen LogP contribution in [0.1, 0.15) is 6.92 Å². The van der Waals surface area contributed by atoms with Gasteiger partial charge in [-0.15, -0.1) is 0 Å². The van der Waals surface area contributed by atoms with E-state index in [4.69, 9.17) is 30.8 Å². The Morgan fingerprint density at radius 1 is 1.32 bits per heavy atom. The van der Waals surface area contributed by atoms with Crippen molar-refractivity contribution in [2.24, 2.45) is 0 Å². The first kappa shape index (κ1) is 17.2. The minimum absolute atomic E-state index is 0.195. The Morgan fingerprint density at radius 3 is 2.80 bits per heavy atom. The average molecular weight is 362 g/mol. The maximum atomic E-state index is 11.9. The predicted octanol–water partition coefficient (Wildman–Crippen LogP) is 0.619. The lowest BCUT2D eigenvalue weighted by atomic mass is 9.81. The lowest BCUT2D eigenvalue weighted by molar-refractivity contribution is 0.326. The molecule has 0 amide bonds. The molecule has 10 heteroatoms. The van der Waals surface area contributed by atoms with Crippen molar-refractivity contribution < 1.29 is 19.2 Å². The molecule has 128 valence electrons. The van der Waals surface area contributed by atoms with E-state index in [1.54, 1.807) is 24.4 Å². The van der Waals surface area contributed by atoms with E-state index in [-0.39, 0.29) is 11.2 Å². The molecule has 1 aromatic carbocycles. The highest BCUT2D eigenvalue weighted by Crippen LogP contribution is 2.29. The second-order valence-electron chi connectivity index (χ2n) is 5.01. The molecule has 8 nitrogen and oxygen atoms in total. The summed E-state index contributed by atoms with van der Waals surface area (Å²) < 4.78 is 12.0. The summed E-state index contributed by atoms with van der Waals surface area (Å²) in [7, 11) is -1.91. The first-order valence-electron chi connectivity index (χ1n) is 7.35. The molecule has 0 atom stereocenters. The number of rotatable bonds is 5. The molecule has 2 aromatic heterocycles. The first-order chi connectivity index (χ1) is 12.0. The summed E-state index contributed by atoms with van der Waals surface area (Å²) in [5.74, 6) is 0.545. The topological polar surface area (TPSA) is 111 Å². The van der Waals surface area contributed by atoms with Gasteiger partial charge in [0, 0.05) is 10.6 Å². The molecule has 0 unspecified atom stereocenters. The molecule has 3 aromatic rings. The van der Waals surface area contributed by atoms with Crippen molar-refractivity contribution in [3.8, 4) is 22.9 Å². The van der Waals surface area contributed by atoms with Crippen LogP contribution in [-0.2, 0) is 0 Å². The van der Waals surface area contributed by atoms with Crippen molar-refractivity contribution >= 4 is 24.2 Å². The molecule has 0 saturated carbocycles. The molecule has 0 bridgehead atoms. The van der Waals surface area contributed by atoms with Crippen molar-refractivity contribution in [2.45, 2.75) is 6.92 Å². The van der Waals surface area contributed by atoms with E-state index in [9.17, 15) is 4.79 Å². The Labute approximate surface area is 147 Å². The van der Waals surface area contributed by atoms with Crippen LogP contribution in [0.15, 0.2) is 45.7 Å². The van der Waals surface area contributed by atoms with E-state index in [0.717, 1.165) is 0 Å². The highest BCUT2D eigenvalue weighted by molar-refractivity contribution is 6.58. The number of ether oxygens (including phenoxy) is 1. The van der Waals surface area contributed by atoms with Gasteiger partial charge in [0.25, 0.3) is 5.88 Å². The lowest BCUT2D eigenvalue weighted by Crippen LogP contribution is -2.40. The van der Waals surface area contributed by atoms with Gasteiger partial charge in [-0.05, 0) is 31.2 Å². The van der Waals surface area contributed by atoms with Crippen LogP contribution in [0, 0.1) is 0 Å². The van der Waals surface area contributed by atoms with Gasteiger partial charge < -0.3 is 19.2 Å². The smallest absolute Gasteiger partial charge is 0.476 e. The zero-order valence-corrected chi connectivity index (χ0v) is 13.8. The van der Waals surface area contributed by atoms with Crippen molar-refractivity contribution in [1.82, 2.24) is 15.0 Å². The summed E-state index contributed by atoms with van der Waals surface area (Å²) in [5.41, 5.74) is -0.0708. The van der Waals surface area contributed by atoms with Gasteiger partial charge in [0.05, 0.1) is 24.0 Å². The molecular weight excluding hydrogens is 348 g/mol. The van der Waals surface area contributed by atoms with Crippen LogP contribution in [0.2, 0.25) is 5.02 Å². The van der Waals surface area contributed by atoms with Crippen molar-refractivity contribution in [3.05, 3.63) is 52.0 Å². The number of halogens is 1. The summed E-state index contributed by atoms with van der Waals surface area (Å²) in [5, 5.41) is 26.6. The summed E-state index contributed by atoms with van der Waals surface area (Å²) in [6.45, 7) is 2.28. The predicted molar refractivity (Wildman–Crippen MR) is 91.3 cm³/mol. The Hall–Kier alpha value is -2.62. The number of nitrogens with zero attached hydrogens (tertiary/aromatic N) is 3. The van der Waals surface area contributed by atoms with E-state index in [0.29, 0.717) is 28.8 Å². The van der Waals surface area contributed by atoms with Gasteiger partial charge in [0.1, 0.15) is 5.76 Å². The SMILES string of the molecule is CCOc1cn(-c2ccc(Cl)cc2-c2ccc(B(O)O)c(=O)o2)nn1. The molecule has 3 rings (SSSR count). The standard InChI is InChI=1S/C15H13BClN3O5/c1-2-24-14-8-20(19-18-14)12-5-3-9(17)7-10(12)13-6-4-11(16(22)23)15(21)25-13/h3-8,22-23H,2H2,1H3. The third kappa shape index (κ3) is 3.58. The van der Waals surface area contributed by atoms with Crippen LogP contribution >= 0.6 is 11.6 Å². The van der Waals surface area contributed by atoms with E-state index in [1.807, 2.05) is 6.92 Å². The molecule has 0 fully saturated rings. The monoisotopic (exact) mass is 361 g/mol. The Balaban J connectivity index is 2.11. The second-order valence-corrected chi connectivity index (χ2v) is 5.45. The van der Waals surface area contributed by atoms with Crippen LogP contribution in [-0.4, -0.2) is 38.8 Å². The van der Waals surface area contributed by atoms with E-state index in [2.05, 4.69) is 10.3 Å². The quantitative estimate of drug-likeness (QED) is 0.641. The third-order valence-electron chi connectivity index (χ3n) is 3.37. The average Bonchev–Trinajstić information content (AvgIpc) is 3.03. The third-order valence-corrected chi connectivity index (χ3v) is 3.60. The highest BCUT2D eigenvalue weighted by atomic mass is 35.5. The number of aromatic nitrogens is 3. The Bertz CT molecular complexity index is 956. The van der Waals surface area contributed by atoms with Gasteiger partial charge >= 0.3 is 12.7 Å². The highest BCUT2D eigenvalue weighted by Gasteiger charge is 2.19. The van der Waals surface area contributed by atoms with Gasteiger partial charge in [-0.1, -0.05) is 28.0 Å². The molecular formula is C15H13BClN3O5. The molecule has 0 aliphatic rings. The minimum atomic E-state index is -1.91. The van der Waals surface area contributed by atoms with Gasteiger partial charge in [-0.2, -0.15) is 0 Å². The summed E-state index contributed by atoms with van der Waals surface area (Å²) in [6, 6.07) is 7.69. The van der Waals surface area contributed by atoms with Gasteiger partial charge in [-0.3, -0.25) is 0 Å². The summed E-state index contributed by atoms with van der Waals surface area (Å²) in [4.78, 5) is 11.9. The van der Waals surface area contributed by atoms with Crippen LogP contribution in [0.25, 0.3) is 17.0 Å². The van der Waals surface area contributed by atoms with E-state index < -0.39 is 12.7 Å². The molecule has 25 heavy (non-hydrogen) atoms. The lowest BCUT2D eigenvalue weighted by Gasteiger charge is -2.09. The largest absolute Gasteiger partial charge is 0.495 e. The second kappa shape index (κ2) is 7.10. The van der Waals surface area contributed by atoms with Crippen molar-refractivity contribution in [1.29, 1.82) is 0 Å². The van der Waals surface area contributed by atoms with Gasteiger partial charge in [0.15, 0.2) is 0 Å². The number of benzene rings is 1. The van der Waals surface area contributed by atoms with E-state index >= 15 is 0 Å². The van der Waals surface area contributed by atoms with Crippen LogP contribution in [0.4, 0.5) is 0 Å². The van der Waals surface area contributed by atoms with E-state index in [1.165, 1.54) is 16.8 Å². The minimum Gasteiger partial charge on any atom is -0.476 e. The summed E-state index contributed by atoms with van der Waals surface area (Å²) >= 11 is 6.06. The van der Waals surface area contributed by atoms with Gasteiger partial charge in [-0.25, -0.2) is 9.48 Å². The molecule has 0 saturated heterocycles. The molecule has 2 heterocycles. The van der Waals surface area contributed by atoms with Crippen molar-refractivity contribution in [3.63, 3.8) is 0 Å². The maximum absolute atomic E-state index is 11.9. The van der Waals surface area contributed by atoms with Crippen LogP contribution < -0.4 is 15.8 Å². The molecule has 0 radical (unpaired) electrons. The first-order valence-corrected chi connectivity index (χ1v) is 7.73. The molecule has 0 aliphatic carbocycles. The normalized spacial score (nSPS) is 10.7. The van der Waals surface area contributed by atoms with Crippen LogP contribution in [0.3, 0.4) is 0 Å². The Kier molecular flexibility index (Phi) is 4.89. The Morgan fingerprint density at radius 2 is 2.12 bits per heavy atom. The van der Waals surface area contributed by atoms with Gasteiger partial charge in [0.2, 0.25) is 0 Å². The number of hydrogen-bond donors (Lipinski definition) is 2. The maximum Gasteiger partial charge on any atom is 0.495 e. The summed E-state index contributed by atoms with van der Waals surface area (Å²) in [6.07, 6.45) is 1.58. The molecule has 0 spiro atoms. The zero-order chi connectivity index (χ0) is 18.0. The fraction of sp³-hybridized carbons (Fsp3) is 0.133. The van der Waals surface area contributed by atoms with Crippen LogP contribution in [0.5, 0.6) is 5.88 Å². The fourth-order valence-electron chi connectivity index (χ4n) is 2.25. The zero-order valence-electron chi connectivity index (χ0n) is 13.1. The van der Waals surface area contributed by atoms with Crippen molar-refractivity contribution in [2.75, 3.05) is 6.61 Å².